The first-order valence-corrected chi connectivity index (χ1v) is 7.92. The molecule has 0 bridgehead atoms. The van der Waals surface area contributed by atoms with Crippen LogP contribution in [0.15, 0.2) is 42.7 Å². The number of benzene rings is 1. The van der Waals surface area contributed by atoms with Crippen LogP contribution in [-0.2, 0) is 9.53 Å². The van der Waals surface area contributed by atoms with Crippen molar-refractivity contribution in [3.8, 4) is 0 Å². The summed E-state index contributed by atoms with van der Waals surface area (Å²) in [4.78, 5) is 24.7. The van der Waals surface area contributed by atoms with E-state index < -0.39 is 0 Å². The molecule has 2 aromatic rings. The Morgan fingerprint density at radius 1 is 1.08 bits per heavy atom. The molecular formula is C17H21N5O2. The maximum absolute atomic E-state index is 11.5. The van der Waals surface area contributed by atoms with Gasteiger partial charge in [-0.15, -0.1) is 0 Å². The Hall–Kier alpha value is -2.67. The van der Waals surface area contributed by atoms with Crippen LogP contribution < -0.4 is 15.1 Å². The summed E-state index contributed by atoms with van der Waals surface area (Å²) in [6, 6.07) is 10.4. The largest absolute Gasteiger partial charge is 0.375 e. The number of para-hydroxylation sites is 1. The first kappa shape index (κ1) is 16.2. The van der Waals surface area contributed by atoms with E-state index in [0.29, 0.717) is 11.6 Å². The third-order valence-corrected chi connectivity index (χ3v) is 3.88. The highest BCUT2D eigenvalue weighted by atomic mass is 16.5. The number of rotatable bonds is 5. The number of carbonyl (C=O) groups excluding carboxylic acids is 1. The minimum absolute atomic E-state index is 0.0171. The molecule has 1 amide bonds. The van der Waals surface area contributed by atoms with Crippen LogP contribution in [0.2, 0.25) is 0 Å². The molecule has 1 saturated heterocycles. The van der Waals surface area contributed by atoms with E-state index in [0.717, 1.165) is 26.2 Å². The molecule has 0 saturated carbocycles. The monoisotopic (exact) mass is 327 g/mol. The quantitative estimate of drug-likeness (QED) is 0.895. The molecule has 126 valence electrons. The second-order valence-electron chi connectivity index (χ2n) is 5.56. The molecule has 1 aromatic heterocycles. The fourth-order valence-corrected chi connectivity index (χ4v) is 2.68. The van der Waals surface area contributed by atoms with Gasteiger partial charge in [0.2, 0.25) is 11.9 Å². The highest BCUT2D eigenvalue weighted by Crippen LogP contribution is 2.18. The number of methoxy groups -OCH3 is 1. The lowest BCUT2D eigenvalue weighted by atomic mass is 10.2. The van der Waals surface area contributed by atoms with E-state index in [-0.39, 0.29) is 12.5 Å². The summed E-state index contributed by atoms with van der Waals surface area (Å²) in [6.07, 6.45) is 3.25. The van der Waals surface area contributed by atoms with Crippen molar-refractivity contribution < 1.29 is 9.53 Å². The molecule has 1 aliphatic rings. The number of aromatic nitrogens is 2. The summed E-state index contributed by atoms with van der Waals surface area (Å²) in [5, 5.41) is 2.69. The molecule has 0 aliphatic carbocycles. The topological polar surface area (TPSA) is 70.6 Å². The Bertz CT molecular complexity index is 654. The predicted octanol–water partition coefficient (Wildman–Crippen LogP) is 1.39. The van der Waals surface area contributed by atoms with E-state index >= 15 is 0 Å². The van der Waals surface area contributed by atoms with Crippen LogP contribution in [0.3, 0.4) is 0 Å². The fourth-order valence-electron chi connectivity index (χ4n) is 2.68. The Morgan fingerprint density at radius 2 is 1.71 bits per heavy atom. The molecule has 0 atom stereocenters. The van der Waals surface area contributed by atoms with Crippen molar-refractivity contribution in [1.82, 2.24) is 9.97 Å². The third-order valence-electron chi connectivity index (χ3n) is 3.88. The predicted molar refractivity (Wildman–Crippen MR) is 93.4 cm³/mol. The van der Waals surface area contributed by atoms with Crippen LogP contribution in [0, 0.1) is 0 Å². The van der Waals surface area contributed by atoms with Crippen LogP contribution in [0.5, 0.6) is 0 Å². The summed E-state index contributed by atoms with van der Waals surface area (Å²) in [5.41, 5.74) is 1.82. The number of nitrogens with one attached hydrogen (secondary N) is 1. The zero-order chi connectivity index (χ0) is 16.8. The summed E-state index contributed by atoms with van der Waals surface area (Å²) in [7, 11) is 1.48. The van der Waals surface area contributed by atoms with E-state index in [1.165, 1.54) is 12.8 Å². The molecule has 1 N–H and O–H groups in total. The Kier molecular flexibility index (Phi) is 5.22. The SMILES string of the molecule is COCC(=O)Nc1cnc(N2CCN(c3ccccc3)CC2)nc1. The van der Waals surface area contributed by atoms with Crippen molar-refractivity contribution in [2.45, 2.75) is 0 Å². The van der Waals surface area contributed by atoms with Gasteiger partial charge in [-0.1, -0.05) is 18.2 Å². The maximum Gasteiger partial charge on any atom is 0.250 e. The van der Waals surface area contributed by atoms with Crippen molar-refractivity contribution in [1.29, 1.82) is 0 Å². The van der Waals surface area contributed by atoms with Gasteiger partial charge in [0.15, 0.2) is 0 Å². The van der Waals surface area contributed by atoms with Gasteiger partial charge >= 0.3 is 0 Å². The number of amides is 1. The summed E-state index contributed by atoms with van der Waals surface area (Å²) in [6.45, 7) is 3.61. The van der Waals surface area contributed by atoms with Crippen molar-refractivity contribution in [3.05, 3.63) is 42.7 Å². The summed E-state index contributed by atoms with van der Waals surface area (Å²) in [5.74, 6) is 0.470. The zero-order valence-corrected chi connectivity index (χ0v) is 13.7. The van der Waals surface area contributed by atoms with E-state index in [1.807, 2.05) is 6.07 Å². The molecule has 3 rings (SSSR count). The number of nitrogens with zero attached hydrogens (tertiary/aromatic N) is 4. The van der Waals surface area contributed by atoms with Gasteiger partial charge in [0.1, 0.15) is 6.61 Å². The molecule has 24 heavy (non-hydrogen) atoms. The minimum atomic E-state index is -0.217. The second-order valence-corrected chi connectivity index (χ2v) is 5.56. The first-order valence-electron chi connectivity index (χ1n) is 7.92. The van der Waals surface area contributed by atoms with Crippen LogP contribution in [0.25, 0.3) is 0 Å². The smallest absolute Gasteiger partial charge is 0.250 e. The molecule has 1 fully saturated rings. The van der Waals surface area contributed by atoms with Crippen molar-refractivity contribution in [3.63, 3.8) is 0 Å². The molecule has 0 unspecified atom stereocenters. The van der Waals surface area contributed by atoms with Crippen LogP contribution in [0.1, 0.15) is 0 Å². The average molecular weight is 327 g/mol. The summed E-state index contributed by atoms with van der Waals surface area (Å²) >= 11 is 0. The maximum atomic E-state index is 11.5. The van der Waals surface area contributed by atoms with Crippen molar-refractivity contribution in [2.24, 2.45) is 0 Å². The molecular weight excluding hydrogens is 306 g/mol. The average Bonchev–Trinajstić information content (AvgIpc) is 2.63. The lowest BCUT2D eigenvalue weighted by molar-refractivity contribution is -0.119. The number of piperazine rings is 1. The van der Waals surface area contributed by atoms with Gasteiger partial charge in [0.05, 0.1) is 18.1 Å². The van der Waals surface area contributed by atoms with E-state index in [9.17, 15) is 4.79 Å². The number of hydrogen-bond acceptors (Lipinski definition) is 6. The molecule has 7 heteroatoms. The van der Waals surface area contributed by atoms with Gasteiger partial charge in [-0.25, -0.2) is 9.97 Å². The number of ether oxygens (including phenoxy) is 1. The molecule has 1 aliphatic heterocycles. The van der Waals surface area contributed by atoms with Crippen molar-refractivity contribution in [2.75, 3.05) is 55.0 Å². The van der Waals surface area contributed by atoms with Crippen LogP contribution >= 0.6 is 0 Å². The van der Waals surface area contributed by atoms with Gasteiger partial charge in [0.25, 0.3) is 0 Å². The van der Waals surface area contributed by atoms with E-state index in [1.54, 1.807) is 12.4 Å². The Labute approximate surface area is 141 Å². The van der Waals surface area contributed by atoms with Crippen LogP contribution in [0.4, 0.5) is 17.3 Å². The van der Waals surface area contributed by atoms with Crippen LogP contribution in [-0.4, -0.2) is 55.8 Å². The molecule has 7 nitrogen and oxygen atoms in total. The first-order chi connectivity index (χ1) is 11.8. The van der Waals surface area contributed by atoms with E-state index in [4.69, 9.17) is 4.74 Å². The number of hydrogen-bond donors (Lipinski definition) is 1. The summed E-state index contributed by atoms with van der Waals surface area (Å²) < 4.78 is 4.78. The van der Waals surface area contributed by atoms with Gasteiger partial charge in [-0.3, -0.25) is 4.79 Å². The zero-order valence-electron chi connectivity index (χ0n) is 13.7. The molecule has 2 heterocycles. The lowest BCUT2D eigenvalue weighted by Crippen LogP contribution is -2.47. The highest BCUT2D eigenvalue weighted by Gasteiger charge is 2.19. The Morgan fingerprint density at radius 3 is 2.33 bits per heavy atom. The normalized spacial score (nSPS) is 14.5. The molecule has 1 aromatic carbocycles. The standard InChI is InChI=1S/C17H21N5O2/c1-24-13-16(23)20-14-11-18-17(19-12-14)22-9-7-21(8-10-22)15-5-3-2-4-6-15/h2-6,11-12H,7-10,13H2,1H3,(H,20,23). The molecule has 0 spiro atoms. The lowest BCUT2D eigenvalue weighted by Gasteiger charge is -2.36. The minimum Gasteiger partial charge on any atom is -0.375 e. The fraction of sp³-hybridized carbons (Fsp3) is 0.353. The van der Waals surface area contributed by atoms with Gasteiger partial charge < -0.3 is 19.9 Å². The number of carbonyl (C=O) groups is 1. The van der Waals surface area contributed by atoms with Gasteiger partial charge in [-0.05, 0) is 12.1 Å². The highest BCUT2D eigenvalue weighted by molar-refractivity contribution is 5.91. The van der Waals surface area contributed by atoms with Gasteiger partial charge in [-0.2, -0.15) is 0 Å². The molecule has 0 radical (unpaired) electrons. The second kappa shape index (κ2) is 7.74. The Balaban J connectivity index is 1.55. The third kappa shape index (κ3) is 3.99. The van der Waals surface area contributed by atoms with Crippen molar-refractivity contribution >= 4 is 23.2 Å². The van der Waals surface area contributed by atoms with E-state index in [2.05, 4.69) is 49.4 Å². The number of anilines is 3. The van der Waals surface area contributed by atoms with Gasteiger partial charge in [0, 0.05) is 39.0 Å².